The Balaban J connectivity index is 1.96. The second kappa shape index (κ2) is 9.03. The Hall–Kier alpha value is -1.97. The lowest BCUT2D eigenvalue weighted by Crippen LogP contribution is -2.66. The van der Waals surface area contributed by atoms with Crippen LogP contribution < -0.4 is 10.4 Å². The lowest BCUT2D eigenvalue weighted by atomic mass is 9.66. The van der Waals surface area contributed by atoms with Gasteiger partial charge in [-0.2, -0.15) is 0 Å². The van der Waals surface area contributed by atoms with Gasteiger partial charge >= 0.3 is 0 Å². The van der Waals surface area contributed by atoms with Crippen LogP contribution in [0.3, 0.4) is 0 Å². The van der Waals surface area contributed by atoms with Gasteiger partial charge in [-0.1, -0.05) is 94.4 Å². The van der Waals surface area contributed by atoms with Gasteiger partial charge in [0.25, 0.3) is 8.32 Å². The Morgan fingerprint density at radius 1 is 1.07 bits per heavy atom. The highest BCUT2D eigenvalue weighted by atomic mass is 28.4. The SMILES string of the molecule is C=C[C@]1(C)CCCC(=O)[C@H]1CCO[Si](c1ccccc1)(c1ccccc1)C(C)(C)C. The standard InChI is InChI=1S/C27H36O2Si/c1-6-27(5)20-13-18-25(28)24(27)19-21-29-30(26(2,3)4,22-14-9-7-10-15-22)23-16-11-8-12-17-23/h6-12,14-17,24H,1,13,18-21H2,2-5H3/t24-,27-/m1/s1. The van der Waals surface area contributed by atoms with Crippen LogP contribution in [0.25, 0.3) is 0 Å². The van der Waals surface area contributed by atoms with Crippen molar-refractivity contribution < 1.29 is 9.22 Å². The number of hydrogen-bond acceptors (Lipinski definition) is 2. The smallest absolute Gasteiger partial charge is 0.261 e. The van der Waals surface area contributed by atoms with E-state index < -0.39 is 8.32 Å². The first kappa shape index (κ1) is 22.7. The second-order valence-corrected chi connectivity index (χ2v) is 14.2. The lowest BCUT2D eigenvalue weighted by Gasteiger charge is -2.44. The van der Waals surface area contributed by atoms with Crippen molar-refractivity contribution >= 4 is 24.5 Å². The molecule has 1 fully saturated rings. The summed E-state index contributed by atoms with van der Waals surface area (Å²) in [7, 11) is -2.55. The molecule has 1 saturated carbocycles. The van der Waals surface area contributed by atoms with Crippen LogP contribution in [-0.2, 0) is 9.22 Å². The molecule has 2 aromatic rings. The van der Waals surface area contributed by atoms with Crippen molar-refractivity contribution in [2.24, 2.45) is 11.3 Å². The first-order chi connectivity index (χ1) is 14.2. The zero-order valence-electron chi connectivity index (χ0n) is 19.0. The van der Waals surface area contributed by atoms with Crippen LogP contribution >= 0.6 is 0 Å². The van der Waals surface area contributed by atoms with Crippen molar-refractivity contribution in [3.8, 4) is 0 Å². The maximum Gasteiger partial charge on any atom is 0.261 e. The third-order valence-corrected chi connectivity index (χ3v) is 12.0. The van der Waals surface area contributed by atoms with E-state index in [4.69, 9.17) is 4.43 Å². The summed E-state index contributed by atoms with van der Waals surface area (Å²) >= 11 is 0. The average molecular weight is 421 g/mol. The minimum Gasteiger partial charge on any atom is -0.407 e. The van der Waals surface area contributed by atoms with Crippen molar-refractivity contribution in [1.29, 1.82) is 0 Å². The molecule has 0 saturated heterocycles. The summed E-state index contributed by atoms with van der Waals surface area (Å²) in [4.78, 5) is 12.8. The maximum atomic E-state index is 12.8. The van der Waals surface area contributed by atoms with Crippen LogP contribution in [-0.4, -0.2) is 20.7 Å². The first-order valence-corrected chi connectivity index (χ1v) is 13.1. The van der Waals surface area contributed by atoms with E-state index in [2.05, 4.69) is 94.9 Å². The third kappa shape index (κ3) is 4.24. The average Bonchev–Trinajstić information content (AvgIpc) is 2.73. The summed E-state index contributed by atoms with van der Waals surface area (Å²) in [5.41, 5.74) is -0.121. The molecule has 3 heteroatoms. The number of allylic oxidation sites excluding steroid dienone is 1. The number of benzene rings is 2. The molecular formula is C27H36O2Si. The quantitative estimate of drug-likeness (QED) is 0.436. The number of carbonyl (C=O) groups is 1. The summed E-state index contributed by atoms with van der Waals surface area (Å²) in [5.74, 6) is 0.372. The molecule has 0 N–H and O–H groups in total. The Labute approximate surface area is 183 Å². The van der Waals surface area contributed by atoms with E-state index in [-0.39, 0.29) is 16.4 Å². The van der Waals surface area contributed by atoms with Gasteiger partial charge in [0.15, 0.2) is 0 Å². The van der Waals surface area contributed by atoms with E-state index in [1.807, 2.05) is 6.08 Å². The second-order valence-electron chi connectivity index (χ2n) is 9.88. The van der Waals surface area contributed by atoms with Gasteiger partial charge in [0.05, 0.1) is 0 Å². The molecule has 0 aromatic heterocycles. The maximum absolute atomic E-state index is 12.8. The molecule has 2 nitrogen and oxygen atoms in total. The normalized spacial score (nSPS) is 22.7. The molecule has 1 aliphatic carbocycles. The number of Topliss-reactive ketones (excluding diaryl/α,β-unsaturated/α-hetero) is 1. The highest BCUT2D eigenvalue weighted by molar-refractivity contribution is 6.99. The largest absolute Gasteiger partial charge is 0.407 e. The zero-order valence-corrected chi connectivity index (χ0v) is 20.0. The predicted octanol–water partition coefficient (Wildman–Crippen LogP) is 5.51. The van der Waals surface area contributed by atoms with Gasteiger partial charge in [-0.3, -0.25) is 4.79 Å². The van der Waals surface area contributed by atoms with E-state index >= 15 is 0 Å². The number of ketones is 1. The third-order valence-electron chi connectivity index (χ3n) is 6.93. The number of rotatable bonds is 7. The highest BCUT2D eigenvalue weighted by Crippen LogP contribution is 2.43. The van der Waals surface area contributed by atoms with Gasteiger partial charge < -0.3 is 4.43 Å². The zero-order chi connectivity index (χ0) is 21.8. The monoisotopic (exact) mass is 420 g/mol. The molecule has 0 heterocycles. The van der Waals surface area contributed by atoms with Crippen molar-refractivity contribution in [1.82, 2.24) is 0 Å². The van der Waals surface area contributed by atoms with Crippen LogP contribution in [0.2, 0.25) is 5.04 Å². The molecule has 2 atom stereocenters. The topological polar surface area (TPSA) is 26.3 Å². The van der Waals surface area contributed by atoms with Gasteiger partial charge in [-0.05, 0) is 40.1 Å². The molecule has 30 heavy (non-hydrogen) atoms. The summed E-state index contributed by atoms with van der Waals surface area (Å²) in [6.07, 6.45) is 5.44. The van der Waals surface area contributed by atoms with Gasteiger partial charge in [-0.25, -0.2) is 0 Å². The molecule has 2 aromatic carbocycles. The van der Waals surface area contributed by atoms with E-state index in [1.165, 1.54) is 10.4 Å². The molecule has 1 aliphatic rings. The first-order valence-electron chi connectivity index (χ1n) is 11.2. The molecule has 0 spiro atoms. The molecule has 0 unspecified atom stereocenters. The lowest BCUT2D eigenvalue weighted by molar-refractivity contribution is -0.129. The van der Waals surface area contributed by atoms with Crippen LogP contribution in [0.5, 0.6) is 0 Å². The van der Waals surface area contributed by atoms with Crippen LogP contribution in [0.15, 0.2) is 73.3 Å². The fourth-order valence-electron chi connectivity index (χ4n) is 5.19. The molecule has 0 amide bonds. The Morgan fingerprint density at radius 2 is 1.60 bits per heavy atom. The molecule has 0 bridgehead atoms. The van der Waals surface area contributed by atoms with Crippen molar-refractivity contribution in [3.05, 3.63) is 73.3 Å². The van der Waals surface area contributed by atoms with Crippen molar-refractivity contribution in [2.45, 2.75) is 58.4 Å². The molecule has 3 rings (SSSR count). The minimum absolute atomic E-state index is 0.00182. The summed E-state index contributed by atoms with van der Waals surface area (Å²) in [6.45, 7) is 13.7. The van der Waals surface area contributed by atoms with E-state index in [1.54, 1.807) is 0 Å². The fourth-order valence-corrected chi connectivity index (χ4v) is 9.77. The van der Waals surface area contributed by atoms with Crippen molar-refractivity contribution in [2.75, 3.05) is 6.61 Å². The van der Waals surface area contributed by atoms with Gasteiger partial charge in [0.2, 0.25) is 0 Å². The Morgan fingerprint density at radius 3 is 2.07 bits per heavy atom. The Kier molecular flexibility index (Phi) is 6.83. The summed E-state index contributed by atoms with van der Waals surface area (Å²) in [6, 6.07) is 21.4. The van der Waals surface area contributed by atoms with E-state index in [9.17, 15) is 4.79 Å². The number of carbonyl (C=O) groups excluding carboxylic acids is 1. The summed E-state index contributed by atoms with van der Waals surface area (Å²) in [5, 5.41) is 2.52. The number of hydrogen-bond donors (Lipinski definition) is 0. The van der Waals surface area contributed by atoms with Crippen molar-refractivity contribution in [3.63, 3.8) is 0 Å². The highest BCUT2D eigenvalue weighted by Gasteiger charge is 2.50. The predicted molar refractivity (Wildman–Crippen MR) is 129 cm³/mol. The van der Waals surface area contributed by atoms with E-state index in [0.29, 0.717) is 18.8 Å². The molecule has 0 radical (unpaired) electrons. The minimum atomic E-state index is -2.55. The molecular weight excluding hydrogens is 384 g/mol. The van der Waals surface area contributed by atoms with Crippen LogP contribution in [0.1, 0.15) is 53.4 Å². The van der Waals surface area contributed by atoms with Gasteiger partial charge in [0.1, 0.15) is 5.78 Å². The van der Waals surface area contributed by atoms with E-state index in [0.717, 1.165) is 19.3 Å². The van der Waals surface area contributed by atoms with Crippen LogP contribution in [0.4, 0.5) is 0 Å². The summed E-state index contributed by atoms with van der Waals surface area (Å²) < 4.78 is 7.01. The molecule has 160 valence electrons. The molecule has 0 aliphatic heterocycles. The van der Waals surface area contributed by atoms with Crippen LogP contribution in [0, 0.1) is 11.3 Å². The fraction of sp³-hybridized carbons (Fsp3) is 0.444. The van der Waals surface area contributed by atoms with Gasteiger partial charge in [0, 0.05) is 18.9 Å². The Bertz CT molecular complexity index is 814. The van der Waals surface area contributed by atoms with Gasteiger partial charge in [-0.15, -0.1) is 6.58 Å².